The first-order chi connectivity index (χ1) is 11.2. The predicted molar refractivity (Wildman–Crippen MR) is 84.8 cm³/mol. The topological polar surface area (TPSA) is 69.5 Å². The van der Waals surface area contributed by atoms with Crippen LogP contribution in [0.1, 0.15) is 28.9 Å². The summed E-state index contributed by atoms with van der Waals surface area (Å²) >= 11 is 0. The maximum atomic E-state index is 12.8. The Balaban J connectivity index is 1.69. The van der Waals surface area contributed by atoms with Gasteiger partial charge < -0.3 is 14.5 Å². The van der Waals surface area contributed by atoms with Crippen molar-refractivity contribution >= 4 is 5.91 Å². The molecule has 2 fully saturated rings. The summed E-state index contributed by atoms with van der Waals surface area (Å²) in [5.41, 5.74) is 0.862. The molecule has 6 nitrogen and oxygen atoms in total. The minimum Gasteiger partial charge on any atom is -0.374 e. The van der Waals surface area contributed by atoms with E-state index in [0.29, 0.717) is 30.3 Å². The molecule has 0 spiro atoms. The van der Waals surface area contributed by atoms with E-state index in [4.69, 9.17) is 10.00 Å². The molecule has 3 rings (SSSR count). The first-order valence-corrected chi connectivity index (χ1v) is 8.11. The Kier molecular flexibility index (Phi) is 4.89. The van der Waals surface area contributed by atoms with Crippen LogP contribution in [0.4, 0.5) is 0 Å². The van der Waals surface area contributed by atoms with E-state index in [2.05, 4.69) is 16.9 Å². The lowest BCUT2D eigenvalue weighted by atomic mass is 10.2. The van der Waals surface area contributed by atoms with Crippen LogP contribution in [0.3, 0.4) is 0 Å². The van der Waals surface area contributed by atoms with Gasteiger partial charge >= 0.3 is 0 Å². The number of ether oxygens (including phenoxy) is 1. The second-order valence-corrected chi connectivity index (χ2v) is 6.45. The molecule has 0 radical (unpaired) electrons. The molecule has 1 aromatic rings. The third-order valence-corrected chi connectivity index (χ3v) is 4.34. The monoisotopic (exact) mass is 314 g/mol. The fraction of sp³-hybridized carbons (Fsp3) is 0.588. The van der Waals surface area contributed by atoms with E-state index in [1.54, 1.807) is 12.1 Å². The smallest absolute Gasteiger partial charge is 0.272 e. The van der Waals surface area contributed by atoms with Gasteiger partial charge in [0.2, 0.25) is 0 Å². The van der Waals surface area contributed by atoms with Gasteiger partial charge in [0.25, 0.3) is 5.91 Å². The van der Waals surface area contributed by atoms with Crippen LogP contribution in [0, 0.1) is 17.2 Å². The summed E-state index contributed by atoms with van der Waals surface area (Å²) < 4.78 is 5.80. The maximum Gasteiger partial charge on any atom is 0.272 e. The van der Waals surface area contributed by atoms with E-state index in [-0.39, 0.29) is 12.0 Å². The number of likely N-dealkylation sites (N-methyl/N-ethyl adjacent to an activating group) is 1. The normalized spacial score (nSPS) is 21.7. The zero-order valence-corrected chi connectivity index (χ0v) is 13.4. The van der Waals surface area contributed by atoms with Crippen LogP contribution in [0.25, 0.3) is 0 Å². The number of nitrogens with zero attached hydrogens (tertiary/aromatic N) is 4. The van der Waals surface area contributed by atoms with Crippen molar-refractivity contribution in [2.45, 2.75) is 18.9 Å². The van der Waals surface area contributed by atoms with Crippen molar-refractivity contribution < 1.29 is 9.53 Å². The van der Waals surface area contributed by atoms with Gasteiger partial charge in [0.05, 0.1) is 18.3 Å². The fourth-order valence-corrected chi connectivity index (χ4v) is 2.82. The number of rotatable bonds is 5. The average molecular weight is 314 g/mol. The summed E-state index contributed by atoms with van der Waals surface area (Å²) in [5.74, 6) is 0.539. The Morgan fingerprint density at radius 2 is 2.30 bits per heavy atom. The number of pyridine rings is 1. The van der Waals surface area contributed by atoms with Crippen LogP contribution in [0.15, 0.2) is 18.3 Å². The molecule has 23 heavy (non-hydrogen) atoms. The highest BCUT2D eigenvalue weighted by Crippen LogP contribution is 2.30. The van der Waals surface area contributed by atoms with Gasteiger partial charge in [-0.1, -0.05) is 0 Å². The average Bonchev–Trinajstić information content (AvgIpc) is 3.38. The zero-order chi connectivity index (χ0) is 16.2. The SMILES string of the molecule is CN1CCO[C@@H](CN(CC2CC2)C(=O)c2ccc(C#N)cn2)C1. The van der Waals surface area contributed by atoms with Crippen molar-refractivity contribution in [1.82, 2.24) is 14.8 Å². The summed E-state index contributed by atoms with van der Waals surface area (Å²) in [5, 5.41) is 8.84. The molecule has 1 aliphatic heterocycles. The summed E-state index contributed by atoms with van der Waals surface area (Å²) in [6.45, 7) is 3.85. The molecule has 1 saturated heterocycles. The molecular formula is C17H22N4O2. The molecule has 122 valence electrons. The van der Waals surface area contributed by atoms with E-state index >= 15 is 0 Å². The molecule has 1 aliphatic carbocycles. The zero-order valence-electron chi connectivity index (χ0n) is 13.4. The molecule has 2 heterocycles. The van der Waals surface area contributed by atoms with Crippen LogP contribution < -0.4 is 0 Å². The quantitative estimate of drug-likeness (QED) is 0.815. The van der Waals surface area contributed by atoms with Crippen molar-refractivity contribution in [1.29, 1.82) is 5.26 Å². The third kappa shape index (κ3) is 4.27. The number of nitriles is 1. The summed E-state index contributed by atoms with van der Waals surface area (Å²) in [4.78, 5) is 21.0. The first-order valence-electron chi connectivity index (χ1n) is 8.11. The van der Waals surface area contributed by atoms with Crippen molar-refractivity contribution in [2.24, 2.45) is 5.92 Å². The van der Waals surface area contributed by atoms with Gasteiger partial charge in [0, 0.05) is 32.4 Å². The Hall–Kier alpha value is -1.97. The van der Waals surface area contributed by atoms with Gasteiger partial charge in [0.1, 0.15) is 11.8 Å². The first kappa shape index (κ1) is 15.9. The molecule has 1 amide bonds. The Morgan fingerprint density at radius 3 is 2.91 bits per heavy atom. The Labute approximate surface area is 136 Å². The van der Waals surface area contributed by atoms with E-state index < -0.39 is 0 Å². The highest BCUT2D eigenvalue weighted by Gasteiger charge is 2.30. The third-order valence-electron chi connectivity index (χ3n) is 4.34. The molecule has 1 aromatic heterocycles. The largest absolute Gasteiger partial charge is 0.374 e. The highest BCUT2D eigenvalue weighted by atomic mass is 16.5. The standard InChI is InChI=1S/C17H22N4O2/c1-20-6-7-23-15(11-20)12-21(10-13-2-3-13)17(22)16-5-4-14(8-18)9-19-16/h4-5,9,13,15H,2-3,6-7,10-12H2,1H3/t15-/m1/s1. The maximum absolute atomic E-state index is 12.8. The summed E-state index contributed by atoms with van der Waals surface area (Å²) in [6, 6.07) is 5.30. The van der Waals surface area contributed by atoms with Crippen molar-refractivity contribution in [2.75, 3.05) is 39.8 Å². The molecule has 1 saturated carbocycles. The number of hydrogen-bond donors (Lipinski definition) is 0. The van der Waals surface area contributed by atoms with Gasteiger partial charge in [-0.2, -0.15) is 5.26 Å². The van der Waals surface area contributed by atoms with Gasteiger partial charge in [-0.3, -0.25) is 4.79 Å². The number of carbonyl (C=O) groups excluding carboxylic acids is 1. The molecule has 1 atom stereocenters. The van der Waals surface area contributed by atoms with E-state index in [1.165, 1.54) is 19.0 Å². The second-order valence-electron chi connectivity index (χ2n) is 6.45. The van der Waals surface area contributed by atoms with E-state index in [1.807, 2.05) is 11.0 Å². The molecule has 2 aliphatic rings. The lowest BCUT2D eigenvalue weighted by molar-refractivity contribution is -0.0332. The van der Waals surface area contributed by atoms with Crippen molar-refractivity contribution in [3.8, 4) is 6.07 Å². The Morgan fingerprint density at radius 1 is 1.48 bits per heavy atom. The number of carbonyl (C=O) groups is 1. The molecule has 0 unspecified atom stereocenters. The fourth-order valence-electron chi connectivity index (χ4n) is 2.82. The van der Waals surface area contributed by atoms with Gasteiger partial charge in [-0.15, -0.1) is 0 Å². The van der Waals surface area contributed by atoms with Gasteiger partial charge in [0.15, 0.2) is 0 Å². The van der Waals surface area contributed by atoms with Gasteiger partial charge in [-0.25, -0.2) is 4.98 Å². The number of aromatic nitrogens is 1. The number of amides is 1. The lowest BCUT2D eigenvalue weighted by Gasteiger charge is -2.34. The minimum absolute atomic E-state index is 0.0508. The predicted octanol–water partition coefficient (Wildman–Crippen LogP) is 1.14. The summed E-state index contributed by atoms with van der Waals surface area (Å²) in [7, 11) is 2.07. The number of morpholine rings is 1. The molecule has 0 bridgehead atoms. The second kappa shape index (κ2) is 7.07. The Bertz CT molecular complexity index is 592. The lowest BCUT2D eigenvalue weighted by Crippen LogP contribution is -2.48. The molecule has 0 aromatic carbocycles. The molecule has 0 N–H and O–H groups in total. The van der Waals surface area contributed by atoms with Crippen molar-refractivity contribution in [3.05, 3.63) is 29.6 Å². The van der Waals surface area contributed by atoms with Gasteiger partial charge in [-0.05, 0) is 37.9 Å². The minimum atomic E-state index is -0.0711. The molecular weight excluding hydrogens is 292 g/mol. The highest BCUT2D eigenvalue weighted by molar-refractivity contribution is 5.92. The summed E-state index contributed by atoms with van der Waals surface area (Å²) in [6.07, 6.45) is 3.88. The van der Waals surface area contributed by atoms with E-state index in [0.717, 1.165) is 19.6 Å². The molecule has 6 heteroatoms. The van der Waals surface area contributed by atoms with Crippen LogP contribution in [-0.4, -0.2) is 66.6 Å². The van der Waals surface area contributed by atoms with E-state index in [9.17, 15) is 4.79 Å². The van der Waals surface area contributed by atoms with Crippen molar-refractivity contribution in [3.63, 3.8) is 0 Å². The van der Waals surface area contributed by atoms with Crippen LogP contribution in [-0.2, 0) is 4.74 Å². The number of hydrogen-bond acceptors (Lipinski definition) is 5. The van der Waals surface area contributed by atoms with Crippen LogP contribution >= 0.6 is 0 Å². The van der Waals surface area contributed by atoms with Crippen LogP contribution in [0.5, 0.6) is 0 Å². The van der Waals surface area contributed by atoms with Crippen LogP contribution in [0.2, 0.25) is 0 Å².